The Hall–Kier alpha value is -0.340. The maximum absolute atomic E-state index is 5.85. The summed E-state index contributed by atoms with van der Waals surface area (Å²) in [6.07, 6.45) is 5.05. The first kappa shape index (κ1) is 10.2. The molecule has 0 spiro atoms. The van der Waals surface area contributed by atoms with Crippen molar-refractivity contribution in [2.75, 3.05) is 7.11 Å². The molecule has 0 aromatic rings. The van der Waals surface area contributed by atoms with Crippen molar-refractivity contribution in [1.82, 2.24) is 0 Å². The van der Waals surface area contributed by atoms with Crippen molar-refractivity contribution in [1.29, 1.82) is 0 Å². The van der Waals surface area contributed by atoms with Crippen molar-refractivity contribution >= 4 is 0 Å². The van der Waals surface area contributed by atoms with Crippen LogP contribution in [0.1, 0.15) is 32.6 Å². The quantitative estimate of drug-likeness (QED) is 0.600. The highest BCUT2D eigenvalue weighted by Gasteiger charge is 2.37. The molecule has 14 heavy (non-hydrogen) atoms. The van der Waals surface area contributed by atoms with E-state index in [-0.39, 0.29) is 6.29 Å². The van der Waals surface area contributed by atoms with Crippen molar-refractivity contribution in [2.24, 2.45) is 11.8 Å². The lowest BCUT2D eigenvalue weighted by atomic mass is 9.95. The number of ether oxygens (including phenoxy) is 2. The van der Waals surface area contributed by atoms with Gasteiger partial charge in [0.2, 0.25) is 0 Å². The van der Waals surface area contributed by atoms with Crippen LogP contribution in [0.15, 0.2) is 12.2 Å². The Balaban J connectivity index is 2.01. The van der Waals surface area contributed by atoms with Crippen molar-refractivity contribution < 1.29 is 9.47 Å². The number of hydrogen-bond acceptors (Lipinski definition) is 2. The summed E-state index contributed by atoms with van der Waals surface area (Å²) in [4.78, 5) is 0. The highest BCUT2D eigenvalue weighted by atomic mass is 16.7. The van der Waals surface area contributed by atoms with Crippen LogP contribution in [0.3, 0.4) is 0 Å². The molecule has 0 N–H and O–H groups in total. The van der Waals surface area contributed by atoms with Gasteiger partial charge in [0.25, 0.3) is 0 Å². The van der Waals surface area contributed by atoms with Gasteiger partial charge in [-0.05, 0) is 31.1 Å². The van der Waals surface area contributed by atoms with E-state index in [1.54, 1.807) is 7.11 Å². The zero-order valence-electron chi connectivity index (χ0n) is 9.16. The molecule has 0 aromatic carbocycles. The summed E-state index contributed by atoms with van der Waals surface area (Å²) in [7, 11) is 1.73. The standard InChI is InChI=1S/C12H20O2/c1-8-4-5-10-7-12(13-3)14-11(10)6-9(8)2/h9-12H,1,4-7H2,2-3H3/t9-,10+,11-,12?/m0/s1. The van der Waals surface area contributed by atoms with Gasteiger partial charge in [-0.1, -0.05) is 19.1 Å². The fourth-order valence-electron chi connectivity index (χ4n) is 2.60. The van der Waals surface area contributed by atoms with Crippen LogP contribution in [0.25, 0.3) is 0 Å². The number of allylic oxidation sites excluding steroid dienone is 1. The van der Waals surface area contributed by atoms with E-state index in [2.05, 4.69) is 13.5 Å². The second kappa shape index (κ2) is 4.03. The summed E-state index contributed by atoms with van der Waals surface area (Å²) in [5.74, 6) is 1.31. The Morgan fingerprint density at radius 2 is 2.21 bits per heavy atom. The molecule has 1 unspecified atom stereocenters. The molecule has 2 nitrogen and oxygen atoms in total. The summed E-state index contributed by atoms with van der Waals surface area (Å²) in [6, 6.07) is 0. The zero-order chi connectivity index (χ0) is 10.1. The molecule has 4 atom stereocenters. The molecular formula is C12H20O2. The Labute approximate surface area is 86.3 Å². The summed E-state index contributed by atoms with van der Waals surface area (Å²) in [6.45, 7) is 6.39. The Kier molecular flexibility index (Phi) is 2.93. The number of hydrogen-bond donors (Lipinski definition) is 0. The number of rotatable bonds is 1. The summed E-state index contributed by atoms with van der Waals surface area (Å²) >= 11 is 0. The minimum atomic E-state index is 0.0450. The minimum absolute atomic E-state index is 0.0450. The van der Waals surface area contributed by atoms with Gasteiger partial charge < -0.3 is 9.47 Å². The first-order chi connectivity index (χ1) is 6.70. The fourth-order valence-corrected chi connectivity index (χ4v) is 2.60. The van der Waals surface area contributed by atoms with Gasteiger partial charge in [-0.25, -0.2) is 0 Å². The topological polar surface area (TPSA) is 18.5 Å². The van der Waals surface area contributed by atoms with Crippen LogP contribution in [-0.4, -0.2) is 19.5 Å². The molecule has 1 saturated carbocycles. The van der Waals surface area contributed by atoms with E-state index in [4.69, 9.17) is 9.47 Å². The number of methoxy groups -OCH3 is 1. The molecule has 1 aliphatic heterocycles. The molecule has 2 aliphatic rings. The first-order valence-electron chi connectivity index (χ1n) is 5.56. The summed E-state index contributed by atoms with van der Waals surface area (Å²) < 4.78 is 11.1. The maximum Gasteiger partial charge on any atom is 0.157 e. The molecule has 0 amide bonds. The van der Waals surface area contributed by atoms with Crippen molar-refractivity contribution in [3.8, 4) is 0 Å². The predicted octanol–water partition coefficient (Wildman–Crippen LogP) is 2.74. The smallest absolute Gasteiger partial charge is 0.157 e. The van der Waals surface area contributed by atoms with Crippen LogP contribution < -0.4 is 0 Å². The second-order valence-electron chi connectivity index (χ2n) is 4.67. The average molecular weight is 196 g/mol. The number of fused-ring (bicyclic) bond motifs is 1. The average Bonchev–Trinajstić information content (AvgIpc) is 2.51. The van der Waals surface area contributed by atoms with Gasteiger partial charge in [-0.2, -0.15) is 0 Å². The van der Waals surface area contributed by atoms with Crippen LogP contribution >= 0.6 is 0 Å². The molecule has 0 aromatic heterocycles. The van der Waals surface area contributed by atoms with Gasteiger partial charge >= 0.3 is 0 Å². The van der Waals surface area contributed by atoms with Crippen LogP contribution in [-0.2, 0) is 9.47 Å². The van der Waals surface area contributed by atoms with E-state index >= 15 is 0 Å². The zero-order valence-corrected chi connectivity index (χ0v) is 9.16. The molecule has 0 radical (unpaired) electrons. The second-order valence-corrected chi connectivity index (χ2v) is 4.67. The van der Waals surface area contributed by atoms with Gasteiger partial charge in [0.15, 0.2) is 6.29 Å². The third-order valence-corrected chi connectivity index (χ3v) is 3.73. The van der Waals surface area contributed by atoms with Crippen molar-refractivity contribution in [3.05, 3.63) is 12.2 Å². The van der Waals surface area contributed by atoms with Crippen LogP contribution in [0.5, 0.6) is 0 Å². The Morgan fingerprint density at radius 3 is 2.93 bits per heavy atom. The van der Waals surface area contributed by atoms with Gasteiger partial charge in [-0.3, -0.25) is 0 Å². The summed E-state index contributed by atoms with van der Waals surface area (Å²) in [5, 5.41) is 0. The monoisotopic (exact) mass is 196 g/mol. The fraction of sp³-hybridized carbons (Fsp3) is 0.833. The Morgan fingerprint density at radius 1 is 1.43 bits per heavy atom. The highest BCUT2D eigenvalue weighted by Crippen LogP contribution is 2.39. The third-order valence-electron chi connectivity index (χ3n) is 3.73. The van der Waals surface area contributed by atoms with Crippen LogP contribution in [0.2, 0.25) is 0 Å². The van der Waals surface area contributed by atoms with Crippen LogP contribution in [0, 0.1) is 11.8 Å². The lowest BCUT2D eigenvalue weighted by molar-refractivity contribution is -0.118. The van der Waals surface area contributed by atoms with E-state index in [9.17, 15) is 0 Å². The molecule has 2 fully saturated rings. The molecule has 2 rings (SSSR count). The molecular weight excluding hydrogens is 176 g/mol. The van der Waals surface area contributed by atoms with E-state index in [0.717, 1.165) is 12.8 Å². The van der Waals surface area contributed by atoms with Crippen molar-refractivity contribution in [3.63, 3.8) is 0 Å². The molecule has 0 bridgehead atoms. The van der Waals surface area contributed by atoms with Crippen LogP contribution in [0.4, 0.5) is 0 Å². The van der Waals surface area contributed by atoms with Gasteiger partial charge in [0, 0.05) is 13.5 Å². The van der Waals surface area contributed by atoms with Crippen molar-refractivity contribution in [2.45, 2.75) is 45.0 Å². The molecule has 1 heterocycles. The maximum atomic E-state index is 5.85. The highest BCUT2D eigenvalue weighted by molar-refractivity contribution is 5.04. The third kappa shape index (κ3) is 1.86. The minimum Gasteiger partial charge on any atom is -0.356 e. The lowest BCUT2D eigenvalue weighted by Crippen LogP contribution is -2.17. The molecule has 1 aliphatic carbocycles. The Bertz CT molecular complexity index is 224. The molecule has 1 saturated heterocycles. The van der Waals surface area contributed by atoms with Gasteiger partial charge in [0.1, 0.15) is 0 Å². The van der Waals surface area contributed by atoms with E-state index in [1.807, 2.05) is 0 Å². The van der Waals surface area contributed by atoms with E-state index in [1.165, 1.54) is 18.4 Å². The normalized spacial score (nSPS) is 43.4. The van der Waals surface area contributed by atoms with Gasteiger partial charge in [-0.15, -0.1) is 0 Å². The first-order valence-corrected chi connectivity index (χ1v) is 5.56. The van der Waals surface area contributed by atoms with Gasteiger partial charge in [0.05, 0.1) is 6.10 Å². The van der Waals surface area contributed by atoms with E-state index < -0.39 is 0 Å². The SMILES string of the molecule is C=C1CC[C@@H]2CC(OC)O[C@H]2C[C@@H]1C. The predicted molar refractivity (Wildman–Crippen MR) is 55.9 cm³/mol. The largest absolute Gasteiger partial charge is 0.356 e. The molecule has 2 heteroatoms. The van der Waals surface area contributed by atoms with E-state index in [0.29, 0.717) is 17.9 Å². The lowest BCUT2D eigenvalue weighted by Gasteiger charge is -2.17. The summed E-state index contributed by atoms with van der Waals surface area (Å²) in [5.41, 5.74) is 1.40. The molecule has 80 valence electrons.